The van der Waals surface area contributed by atoms with E-state index in [0.29, 0.717) is 19.4 Å². The lowest BCUT2D eigenvalue weighted by Crippen LogP contribution is -2.51. The minimum Gasteiger partial charge on any atom is -0.352 e. The molecule has 0 bridgehead atoms. The largest absolute Gasteiger partial charge is 0.352 e. The molecule has 2 amide bonds. The van der Waals surface area contributed by atoms with Crippen molar-refractivity contribution in [3.05, 3.63) is 107 Å². The van der Waals surface area contributed by atoms with Crippen LogP contribution < -0.4 is 5.32 Å². The van der Waals surface area contributed by atoms with Crippen molar-refractivity contribution in [2.75, 3.05) is 0 Å². The van der Waals surface area contributed by atoms with Crippen LogP contribution in [0.5, 0.6) is 0 Å². The first-order chi connectivity index (χ1) is 17.5. The van der Waals surface area contributed by atoms with Crippen LogP contribution in [0.15, 0.2) is 84.9 Å². The van der Waals surface area contributed by atoms with Crippen molar-refractivity contribution in [2.45, 2.75) is 76.9 Å². The van der Waals surface area contributed by atoms with Crippen molar-refractivity contribution in [3.8, 4) is 0 Å². The van der Waals surface area contributed by atoms with Gasteiger partial charge in [-0.3, -0.25) is 9.59 Å². The smallest absolute Gasteiger partial charge is 0.243 e. The zero-order valence-electron chi connectivity index (χ0n) is 21.5. The molecule has 1 aliphatic rings. The van der Waals surface area contributed by atoms with Gasteiger partial charge in [-0.2, -0.15) is 0 Å². The Morgan fingerprint density at radius 1 is 0.889 bits per heavy atom. The second-order valence-electron chi connectivity index (χ2n) is 10.0. The lowest BCUT2D eigenvalue weighted by atomic mass is 9.88. The van der Waals surface area contributed by atoms with Crippen LogP contribution in [0.25, 0.3) is 0 Å². The molecule has 0 radical (unpaired) electrons. The molecule has 4 nitrogen and oxygen atoms in total. The van der Waals surface area contributed by atoms with Gasteiger partial charge in [0, 0.05) is 24.9 Å². The van der Waals surface area contributed by atoms with Crippen molar-refractivity contribution < 1.29 is 9.59 Å². The van der Waals surface area contributed by atoms with E-state index in [4.69, 9.17) is 0 Å². The molecule has 0 saturated heterocycles. The van der Waals surface area contributed by atoms with Crippen LogP contribution in [0.1, 0.15) is 73.6 Å². The van der Waals surface area contributed by atoms with E-state index in [1.54, 1.807) is 0 Å². The first-order valence-corrected chi connectivity index (χ1v) is 13.3. The molecule has 0 aromatic heterocycles. The van der Waals surface area contributed by atoms with Gasteiger partial charge in [0.05, 0.1) is 0 Å². The van der Waals surface area contributed by atoms with Gasteiger partial charge < -0.3 is 10.2 Å². The average molecular weight is 483 g/mol. The van der Waals surface area contributed by atoms with Crippen LogP contribution in [0.3, 0.4) is 0 Å². The summed E-state index contributed by atoms with van der Waals surface area (Å²) in [6.45, 7) is 4.48. The Balaban J connectivity index is 1.63. The summed E-state index contributed by atoms with van der Waals surface area (Å²) in [5.74, 6) is -0.0979. The van der Waals surface area contributed by atoms with Gasteiger partial charge in [-0.1, -0.05) is 110 Å². The van der Waals surface area contributed by atoms with E-state index in [9.17, 15) is 9.59 Å². The summed E-state index contributed by atoms with van der Waals surface area (Å²) < 4.78 is 0. The number of hydrogen-bond donors (Lipinski definition) is 1. The highest BCUT2D eigenvalue weighted by atomic mass is 16.2. The van der Waals surface area contributed by atoms with Crippen LogP contribution in [0, 0.1) is 6.92 Å². The Morgan fingerprint density at radius 3 is 2.06 bits per heavy atom. The summed E-state index contributed by atoms with van der Waals surface area (Å²) in [7, 11) is 0. The Morgan fingerprint density at radius 2 is 1.50 bits per heavy atom. The van der Waals surface area contributed by atoms with Crippen molar-refractivity contribution in [1.82, 2.24) is 10.2 Å². The SMILES string of the molecule is CC[C@H](C(=O)NC1CCCC1)N(Cc1cccc(C)c1)C(=O)CC(c1ccccc1)c1ccccc1. The maximum Gasteiger partial charge on any atom is 0.243 e. The number of rotatable bonds is 10. The van der Waals surface area contributed by atoms with Crippen LogP contribution in [0.4, 0.5) is 0 Å². The summed E-state index contributed by atoms with van der Waals surface area (Å²) in [6.07, 6.45) is 5.26. The van der Waals surface area contributed by atoms with E-state index < -0.39 is 6.04 Å². The fourth-order valence-corrected chi connectivity index (χ4v) is 5.38. The standard InChI is InChI=1S/C32H38N2O2/c1-3-30(32(36)33-28-19-10-11-20-28)34(23-25-14-12-13-24(2)21-25)31(35)22-29(26-15-6-4-7-16-26)27-17-8-5-9-18-27/h4-9,12-18,21,28-30H,3,10-11,19-20,22-23H2,1-2H3,(H,33,36)/t30-/m1/s1. The quantitative estimate of drug-likeness (QED) is 0.364. The van der Waals surface area contributed by atoms with E-state index in [1.807, 2.05) is 60.4 Å². The number of carbonyl (C=O) groups is 2. The van der Waals surface area contributed by atoms with Crippen molar-refractivity contribution >= 4 is 11.8 Å². The third-order valence-corrected chi connectivity index (χ3v) is 7.31. The molecule has 3 aromatic carbocycles. The molecular formula is C32H38N2O2. The summed E-state index contributed by atoms with van der Waals surface area (Å²) in [4.78, 5) is 29.3. The van der Waals surface area contributed by atoms with Gasteiger partial charge in [-0.25, -0.2) is 0 Å². The lowest BCUT2D eigenvalue weighted by Gasteiger charge is -2.33. The minimum atomic E-state index is -0.495. The highest BCUT2D eigenvalue weighted by Gasteiger charge is 2.32. The third kappa shape index (κ3) is 6.63. The molecule has 1 fully saturated rings. The van der Waals surface area contributed by atoms with Gasteiger partial charge >= 0.3 is 0 Å². The van der Waals surface area contributed by atoms with E-state index in [1.165, 1.54) is 0 Å². The summed E-state index contributed by atoms with van der Waals surface area (Å²) >= 11 is 0. The maximum atomic E-state index is 14.1. The Labute approximate surface area is 215 Å². The number of aryl methyl sites for hydroxylation is 1. The third-order valence-electron chi connectivity index (χ3n) is 7.31. The van der Waals surface area contributed by atoms with Gasteiger partial charge in [-0.15, -0.1) is 0 Å². The predicted octanol–water partition coefficient (Wildman–Crippen LogP) is 6.38. The van der Waals surface area contributed by atoms with Gasteiger partial charge in [-0.05, 0) is 42.9 Å². The van der Waals surface area contributed by atoms with Crippen LogP contribution in [-0.4, -0.2) is 28.8 Å². The van der Waals surface area contributed by atoms with Crippen molar-refractivity contribution in [1.29, 1.82) is 0 Å². The Hall–Kier alpha value is -3.40. The number of amides is 2. The highest BCUT2D eigenvalue weighted by molar-refractivity contribution is 5.88. The molecular weight excluding hydrogens is 444 g/mol. The number of hydrogen-bond acceptors (Lipinski definition) is 2. The molecule has 1 aliphatic carbocycles. The topological polar surface area (TPSA) is 49.4 Å². The average Bonchev–Trinajstić information content (AvgIpc) is 3.41. The van der Waals surface area contributed by atoms with E-state index >= 15 is 0 Å². The molecule has 1 atom stereocenters. The lowest BCUT2D eigenvalue weighted by molar-refractivity contribution is -0.141. The number of nitrogens with one attached hydrogen (secondary N) is 1. The normalized spacial score (nSPS) is 14.5. The van der Waals surface area contributed by atoms with Crippen LogP contribution in [0.2, 0.25) is 0 Å². The molecule has 4 rings (SSSR count). The van der Waals surface area contributed by atoms with Gasteiger partial charge in [0.1, 0.15) is 6.04 Å². The van der Waals surface area contributed by atoms with Gasteiger partial charge in [0.2, 0.25) is 11.8 Å². The molecule has 0 unspecified atom stereocenters. The fourth-order valence-electron chi connectivity index (χ4n) is 5.38. The molecule has 1 N–H and O–H groups in total. The van der Waals surface area contributed by atoms with Gasteiger partial charge in [0.25, 0.3) is 0 Å². The Bertz CT molecular complexity index is 1080. The molecule has 188 valence electrons. The zero-order chi connectivity index (χ0) is 25.3. The zero-order valence-corrected chi connectivity index (χ0v) is 21.5. The molecule has 3 aromatic rings. The van der Waals surface area contributed by atoms with E-state index in [2.05, 4.69) is 48.6 Å². The molecule has 36 heavy (non-hydrogen) atoms. The molecule has 4 heteroatoms. The highest BCUT2D eigenvalue weighted by Crippen LogP contribution is 2.30. The first-order valence-electron chi connectivity index (χ1n) is 13.3. The monoisotopic (exact) mass is 482 g/mol. The van der Waals surface area contributed by atoms with E-state index in [-0.39, 0.29) is 23.8 Å². The molecule has 0 heterocycles. The van der Waals surface area contributed by atoms with Gasteiger partial charge in [0.15, 0.2) is 0 Å². The second-order valence-corrected chi connectivity index (χ2v) is 10.0. The molecule has 0 spiro atoms. The summed E-state index contributed by atoms with van der Waals surface area (Å²) in [5.41, 5.74) is 4.41. The number of benzene rings is 3. The maximum absolute atomic E-state index is 14.1. The summed E-state index contributed by atoms with van der Waals surface area (Å²) in [5, 5.41) is 3.25. The van der Waals surface area contributed by atoms with Crippen LogP contribution in [-0.2, 0) is 16.1 Å². The van der Waals surface area contributed by atoms with Crippen LogP contribution >= 0.6 is 0 Å². The molecule has 1 saturated carbocycles. The predicted molar refractivity (Wildman–Crippen MR) is 146 cm³/mol. The minimum absolute atomic E-state index is 0.00244. The molecule has 0 aliphatic heterocycles. The van der Waals surface area contributed by atoms with Crippen molar-refractivity contribution in [3.63, 3.8) is 0 Å². The fraction of sp³-hybridized carbons (Fsp3) is 0.375. The van der Waals surface area contributed by atoms with Crippen molar-refractivity contribution in [2.24, 2.45) is 0 Å². The first kappa shape index (κ1) is 25.7. The Kier molecular flexibility index (Phi) is 8.94. The second kappa shape index (κ2) is 12.5. The summed E-state index contributed by atoms with van der Waals surface area (Å²) in [6, 6.07) is 28.4. The number of carbonyl (C=O) groups excluding carboxylic acids is 2. The number of nitrogens with zero attached hydrogens (tertiary/aromatic N) is 1. The van der Waals surface area contributed by atoms with E-state index in [0.717, 1.165) is 47.9 Å².